The van der Waals surface area contributed by atoms with E-state index in [-0.39, 0.29) is 13.0 Å². The molecule has 198 valence electrons. The molecule has 3 rings (SSSR count). The fourth-order valence-corrected chi connectivity index (χ4v) is 4.56. The van der Waals surface area contributed by atoms with E-state index < -0.39 is 45.2 Å². The van der Waals surface area contributed by atoms with E-state index in [2.05, 4.69) is 4.18 Å². The van der Waals surface area contributed by atoms with Crippen LogP contribution in [0.4, 0.5) is 18.0 Å². The van der Waals surface area contributed by atoms with Gasteiger partial charge in [-0.1, -0.05) is 29.8 Å². The Morgan fingerprint density at radius 2 is 1.86 bits per heavy atom. The van der Waals surface area contributed by atoms with E-state index in [1.54, 1.807) is 45.0 Å². The first-order valence-electron chi connectivity index (χ1n) is 11.1. The number of aliphatic hydroxyl groups excluding tert-OH is 1. The van der Waals surface area contributed by atoms with Crippen molar-refractivity contribution in [3.63, 3.8) is 0 Å². The van der Waals surface area contributed by atoms with Crippen molar-refractivity contribution < 1.29 is 40.4 Å². The Bertz CT molecular complexity index is 1210. The summed E-state index contributed by atoms with van der Waals surface area (Å²) in [7, 11) is -5.82. The molecule has 12 heteroatoms. The average Bonchev–Trinajstić information content (AvgIpc) is 2.74. The molecule has 2 aromatic rings. The third kappa shape index (κ3) is 7.04. The predicted molar refractivity (Wildman–Crippen MR) is 127 cm³/mol. The Morgan fingerprint density at radius 1 is 1.17 bits per heavy atom. The van der Waals surface area contributed by atoms with E-state index in [0.29, 0.717) is 29.0 Å². The van der Waals surface area contributed by atoms with Crippen LogP contribution in [0.15, 0.2) is 42.5 Å². The standard InChI is InChI=1S/C24H27ClF3NO6S/c1-23(2,3)34-22(31)29(14-21(30)16-5-4-6-18(25)11-16)19-9-7-15-8-10-20(13-17(15)12-19)35-36(32,33)24(26,27)28/h4-6,8,10-11,13,19,21,30H,7,9,12,14H2,1-3H3/t19?,21-/m0/s1. The fourth-order valence-electron chi connectivity index (χ4n) is 3.90. The van der Waals surface area contributed by atoms with Crippen molar-refractivity contribution in [2.75, 3.05) is 6.54 Å². The van der Waals surface area contributed by atoms with Gasteiger partial charge in [-0.15, -0.1) is 0 Å². The molecular weight excluding hydrogens is 523 g/mol. The van der Waals surface area contributed by atoms with Crippen LogP contribution in [-0.2, 0) is 27.7 Å². The summed E-state index contributed by atoms with van der Waals surface area (Å²) in [6, 6.07) is 10.0. The largest absolute Gasteiger partial charge is 0.534 e. The first kappa shape index (κ1) is 28.1. The summed E-state index contributed by atoms with van der Waals surface area (Å²) in [6.45, 7) is 5.00. The van der Waals surface area contributed by atoms with Gasteiger partial charge in [0.05, 0.1) is 12.6 Å². The highest BCUT2D eigenvalue weighted by Gasteiger charge is 2.48. The number of carbonyl (C=O) groups excluding carboxylic acids is 1. The number of ether oxygens (including phenoxy) is 1. The van der Waals surface area contributed by atoms with Crippen LogP contribution >= 0.6 is 11.6 Å². The summed E-state index contributed by atoms with van der Waals surface area (Å²) in [4.78, 5) is 14.5. The monoisotopic (exact) mass is 549 g/mol. The lowest BCUT2D eigenvalue weighted by atomic mass is 9.87. The topological polar surface area (TPSA) is 93.1 Å². The number of rotatable bonds is 6. The highest BCUT2D eigenvalue weighted by atomic mass is 35.5. The molecule has 7 nitrogen and oxygen atoms in total. The predicted octanol–water partition coefficient (Wildman–Crippen LogP) is 5.40. The molecule has 0 spiro atoms. The lowest BCUT2D eigenvalue weighted by Crippen LogP contribution is -2.47. The van der Waals surface area contributed by atoms with Crippen LogP contribution in [0, 0.1) is 0 Å². The fraction of sp³-hybridized carbons (Fsp3) is 0.458. The summed E-state index contributed by atoms with van der Waals surface area (Å²) >= 11 is 6.03. The van der Waals surface area contributed by atoms with Crippen molar-refractivity contribution in [1.82, 2.24) is 4.90 Å². The molecule has 0 bridgehead atoms. The van der Waals surface area contributed by atoms with Gasteiger partial charge in [-0.2, -0.15) is 21.6 Å². The van der Waals surface area contributed by atoms with Crippen LogP contribution in [0.25, 0.3) is 0 Å². The zero-order valence-corrected chi connectivity index (χ0v) is 21.5. The highest BCUT2D eigenvalue weighted by Crippen LogP contribution is 2.32. The second-order valence-electron chi connectivity index (χ2n) is 9.51. The number of aryl methyl sites for hydroxylation is 1. The smallest absolute Gasteiger partial charge is 0.444 e. The van der Waals surface area contributed by atoms with Gasteiger partial charge < -0.3 is 18.9 Å². The van der Waals surface area contributed by atoms with Gasteiger partial charge in [0.25, 0.3) is 0 Å². The van der Waals surface area contributed by atoms with Crippen molar-refractivity contribution in [1.29, 1.82) is 0 Å². The van der Waals surface area contributed by atoms with Crippen LogP contribution in [0.2, 0.25) is 5.02 Å². The average molecular weight is 550 g/mol. The number of nitrogens with zero attached hydrogens (tertiary/aromatic N) is 1. The lowest BCUT2D eigenvalue weighted by Gasteiger charge is -2.37. The molecule has 2 atom stereocenters. The minimum atomic E-state index is -5.82. The molecule has 1 aliphatic rings. The van der Waals surface area contributed by atoms with Crippen LogP contribution in [0.1, 0.15) is 50.0 Å². The Labute approximate surface area is 212 Å². The second-order valence-corrected chi connectivity index (χ2v) is 11.5. The molecule has 1 N–H and O–H groups in total. The third-order valence-corrected chi connectivity index (χ3v) is 6.76. The number of benzene rings is 2. The zero-order valence-electron chi connectivity index (χ0n) is 19.9. The van der Waals surface area contributed by atoms with Gasteiger partial charge in [0.2, 0.25) is 0 Å². The summed E-state index contributed by atoms with van der Waals surface area (Å²) in [6.07, 6.45) is -0.581. The molecule has 1 unspecified atom stereocenters. The van der Waals surface area contributed by atoms with E-state index in [9.17, 15) is 31.5 Å². The van der Waals surface area contributed by atoms with Gasteiger partial charge in [-0.05, 0) is 81.0 Å². The van der Waals surface area contributed by atoms with Crippen molar-refractivity contribution in [3.05, 3.63) is 64.2 Å². The third-order valence-electron chi connectivity index (χ3n) is 5.54. The number of hydrogen-bond acceptors (Lipinski definition) is 6. The van der Waals surface area contributed by atoms with Crippen LogP contribution in [0.5, 0.6) is 5.75 Å². The minimum absolute atomic E-state index is 0.117. The molecule has 0 heterocycles. The highest BCUT2D eigenvalue weighted by molar-refractivity contribution is 7.88. The van der Waals surface area contributed by atoms with Gasteiger partial charge in [0.1, 0.15) is 11.4 Å². The van der Waals surface area contributed by atoms with Gasteiger partial charge in [0.15, 0.2) is 0 Å². The maximum atomic E-state index is 13.1. The maximum Gasteiger partial charge on any atom is 0.534 e. The molecule has 0 fully saturated rings. The lowest BCUT2D eigenvalue weighted by molar-refractivity contribution is -0.0500. The van der Waals surface area contributed by atoms with Crippen molar-refractivity contribution in [2.45, 2.75) is 63.3 Å². The number of fused-ring (bicyclic) bond motifs is 1. The Morgan fingerprint density at radius 3 is 2.47 bits per heavy atom. The van der Waals surface area contributed by atoms with Gasteiger partial charge in [-0.25, -0.2) is 4.79 Å². The van der Waals surface area contributed by atoms with Crippen LogP contribution in [0.3, 0.4) is 0 Å². The van der Waals surface area contributed by atoms with E-state index in [0.717, 1.165) is 11.6 Å². The van der Waals surface area contributed by atoms with Gasteiger partial charge in [-0.3, -0.25) is 0 Å². The normalized spacial score (nSPS) is 17.2. The molecule has 1 amide bonds. The number of aliphatic hydroxyl groups is 1. The Balaban J connectivity index is 1.87. The molecule has 1 aliphatic carbocycles. The van der Waals surface area contributed by atoms with E-state index in [1.165, 1.54) is 17.0 Å². The Hall–Kier alpha value is -2.50. The van der Waals surface area contributed by atoms with Crippen LogP contribution in [-0.4, -0.2) is 48.2 Å². The second kappa shape index (κ2) is 10.5. The molecule has 0 aliphatic heterocycles. The minimum Gasteiger partial charge on any atom is -0.444 e. The summed E-state index contributed by atoms with van der Waals surface area (Å²) < 4.78 is 70.8. The number of amides is 1. The Kier molecular flexibility index (Phi) is 8.17. The van der Waals surface area contributed by atoms with Crippen molar-refractivity contribution in [3.8, 4) is 5.75 Å². The van der Waals surface area contributed by atoms with Crippen LogP contribution < -0.4 is 4.18 Å². The van der Waals surface area contributed by atoms with Gasteiger partial charge >= 0.3 is 21.7 Å². The quantitative estimate of drug-likeness (QED) is 0.383. The molecule has 0 saturated carbocycles. The number of halogens is 4. The first-order valence-corrected chi connectivity index (χ1v) is 12.9. The number of carbonyl (C=O) groups is 1. The van der Waals surface area contributed by atoms with E-state index in [4.69, 9.17) is 16.3 Å². The molecule has 0 radical (unpaired) electrons. The number of alkyl halides is 3. The number of hydrogen-bond donors (Lipinski definition) is 1. The molecular formula is C24H27ClF3NO6S. The molecule has 2 aromatic carbocycles. The van der Waals surface area contributed by atoms with Crippen molar-refractivity contribution >= 4 is 27.8 Å². The van der Waals surface area contributed by atoms with Gasteiger partial charge in [0, 0.05) is 11.1 Å². The molecule has 0 saturated heterocycles. The summed E-state index contributed by atoms with van der Waals surface area (Å²) in [5.41, 5.74) is -4.54. The summed E-state index contributed by atoms with van der Waals surface area (Å²) in [5, 5.41) is 11.3. The van der Waals surface area contributed by atoms with Crippen molar-refractivity contribution in [2.24, 2.45) is 0 Å². The van der Waals surface area contributed by atoms with E-state index in [1.807, 2.05) is 0 Å². The molecule has 0 aromatic heterocycles. The molecule has 36 heavy (non-hydrogen) atoms. The zero-order chi connectivity index (χ0) is 26.9. The maximum absolute atomic E-state index is 13.1. The van der Waals surface area contributed by atoms with E-state index >= 15 is 0 Å². The first-order chi connectivity index (χ1) is 16.6. The SMILES string of the molecule is CC(C)(C)OC(=O)N(C[C@H](O)c1cccc(Cl)c1)C1CCc2ccc(OS(=O)(=O)C(F)(F)F)cc2C1. The summed E-state index contributed by atoms with van der Waals surface area (Å²) in [5.74, 6) is -0.477.